The smallest absolute Gasteiger partial charge is 0.272 e. The van der Waals surface area contributed by atoms with Crippen molar-refractivity contribution in [2.45, 2.75) is 0 Å². The lowest BCUT2D eigenvalue weighted by Gasteiger charge is -2.22. The summed E-state index contributed by atoms with van der Waals surface area (Å²) in [6.07, 6.45) is 1.29. The molecule has 146 valence electrons. The van der Waals surface area contributed by atoms with E-state index in [2.05, 4.69) is 4.98 Å². The van der Waals surface area contributed by atoms with Crippen LogP contribution in [0.2, 0.25) is 0 Å². The Morgan fingerprint density at radius 3 is 1.73 bits per heavy atom. The van der Waals surface area contributed by atoms with Crippen LogP contribution in [-0.2, 0) is 0 Å². The van der Waals surface area contributed by atoms with Crippen molar-refractivity contribution in [1.82, 2.24) is 14.8 Å². The number of nitrogens with zero attached hydrogens (tertiary/aromatic N) is 3. The summed E-state index contributed by atoms with van der Waals surface area (Å²) < 4.78 is 0. The van der Waals surface area contributed by atoms with E-state index < -0.39 is 11.8 Å². The minimum absolute atomic E-state index is 0.143. The standard InChI is InChI=1S/C17H27N3O6/c1-19(6-12(8-21)9-22)16(25)14-3-4-15(18-5-14)17(26)20(2)7-13(10-23)11-24/h3-5,12-13,21-24H,6-11H2,1-2H3. The first kappa shape index (κ1) is 22.0. The van der Waals surface area contributed by atoms with Crippen LogP contribution < -0.4 is 0 Å². The van der Waals surface area contributed by atoms with Crippen molar-refractivity contribution in [3.8, 4) is 0 Å². The van der Waals surface area contributed by atoms with Crippen molar-refractivity contribution >= 4 is 11.8 Å². The molecule has 0 saturated carbocycles. The van der Waals surface area contributed by atoms with Crippen LogP contribution in [0.1, 0.15) is 20.8 Å². The summed E-state index contributed by atoms with van der Waals surface area (Å²) in [5.41, 5.74) is 0.426. The number of carbonyl (C=O) groups is 2. The SMILES string of the molecule is CN(CC(CO)CO)C(=O)c1ccc(C(=O)N(C)CC(CO)CO)nc1. The maximum atomic E-state index is 12.3. The van der Waals surface area contributed by atoms with Crippen LogP contribution in [0.5, 0.6) is 0 Å². The van der Waals surface area contributed by atoms with Gasteiger partial charge in [0.25, 0.3) is 11.8 Å². The third-order valence-corrected chi connectivity index (χ3v) is 4.02. The summed E-state index contributed by atoms with van der Waals surface area (Å²) in [5.74, 6) is -1.57. The average molecular weight is 369 g/mol. The van der Waals surface area contributed by atoms with Gasteiger partial charge in [0.2, 0.25) is 0 Å². The van der Waals surface area contributed by atoms with Gasteiger partial charge in [-0.3, -0.25) is 14.6 Å². The molecule has 2 amide bonds. The van der Waals surface area contributed by atoms with Gasteiger partial charge in [-0.15, -0.1) is 0 Å². The van der Waals surface area contributed by atoms with Crippen molar-refractivity contribution < 1.29 is 30.0 Å². The van der Waals surface area contributed by atoms with Crippen molar-refractivity contribution in [3.63, 3.8) is 0 Å². The second kappa shape index (κ2) is 10.8. The van der Waals surface area contributed by atoms with Crippen molar-refractivity contribution in [2.75, 3.05) is 53.6 Å². The molecule has 1 heterocycles. The third-order valence-electron chi connectivity index (χ3n) is 4.02. The van der Waals surface area contributed by atoms with Crippen LogP contribution in [0, 0.1) is 11.8 Å². The van der Waals surface area contributed by atoms with Gasteiger partial charge < -0.3 is 30.2 Å². The van der Waals surface area contributed by atoms with E-state index in [-0.39, 0.29) is 62.6 Å². The van der Waals surface area contributed by atoms with E-state index >= 15 is 0 Å². The van der Waals surface area contributed by atoms with Crippen LogP contribution in [0.4, 0.5) is 0 Å². The fourth-order valence-corrected chi connectivity index (χ4v) is 2.35. The van der Waals surface area contributed by atoms with E-state index in [0.29, 0.717) is 0 Å². The first-order valence-corrected chi connectivity index (χ1v) is 8.28. The molecule has 26 heavy (non-hydrogen) atoms. The topological polar surface area (TPSA) is 134 Å². The molecule has 0 aliphatic carbocycles. The number of hydrogen-bond acceptors (Lipinski definition) is 7. The Kier molecular flexibility index (Phi) is 9.14. The molecule has 4 N–H and O–H groups in total. The monoisotopic (exact) mass is 369 g/mol. The number of aliphatic hydroxyl groups is 4. The maximum absolute atomic E-state index is 12.3. The van der Waals surface area contributed by atoms with Crippen molar-refractivity contribution in [2.24, 2.45) is 11.8 Å². The first-order chi connectivity index (χ1) is 12.4. The lowest BCUT2D eigenvalue weighted by Crippen LogP contribution is -2.35. The molecule has 0 spiro atoms. The number of hydrogen-bond donors (Lipinski definition) is 4. The van der Waals surface area contributed by atoms with Gasteiger partial charge in [0.15, 0.2) is 0 Å². The largest absolute Gasteiger partial charge is 0.396 e. The van der Waals surface area contributed by atoms with Gasteiger partial charge in [-0.05, 0) is 12.1 Å². The Hall–Kier alpha value is -2.07. The summed E-state index contributed by atoms with van der Waals surface area (Å²) >= 11 is 0. The zero-order valence-corrected chi connectivity index (χ0v) is 15.1. The highest BCUT2D eigenvalue weighted by molar-refractivity contribution is 5.96. The Morgan fingerprint density at radius 1 is 0.885 bits per heavy atom. The Morgan fingerprint density at radius 2 is 1.35 bits per heavy atom. The fourth-order valence-electron chi connectivity index (χ4n) is 2.35. The first-order valence-electron chi connectivity index (χ1n) is 8.28. The highest BCUT2D eigenvalue weighted by Gasteiger charge is 2.20. The molecule has 0 atom stereocenters. The number of aliphatic hydroxyl groups excluding tert-OH is 4. The Balaban J connectivity index is 2.75. The molecule has 0 aromatic carbocycles. The lowest BCUT2D eigenvalue weighted by atomic mass is 10.1. The molecular weight excluding hydrogens is 342 g/mol. The van der Waals surface area contributed by atoms with Gasteiger partial charge in [-0.25, -0.2) is 0 Å². The second-order valence-electron chi connectivity index (χ2n) is 6.27. The zero-order chi connectivity index (χ0) is 19.7. The molecule has 0 bridgehead atoms. The summed E-state index contributed by atoms with van der Waals surface area (Å²) in [6.45, 7) is -0.544. The van der Waals surface area contributed by atoms with Gasteiger partial charge in [-0.2, -0.15) is 0 Å². The number of aromatic nitrogens is 1. The molecule has 0 radical (unpaired) electrons. The Labute approximate surface area is 152 Å². The molecule has 1 aromatic rings. The molecule has 9 nitrogen and oxygen atoms in total. The molecule has 9 heteroatoms. The number of rotatable bonds is 10. The van der Waals surface area contributed by atoms with E-state index in [9.17, 15) is 9.59 Å². The highest BCUT2D eigenvalue weighted by atomic mass is 16.3. The highest BCUT2D eigenvalue weighted by Crippen LogP contribution is 2.09. The van der Waals surface area contributed by atoms with Crippen molar-refractivity contribution in [3.05, 3.63) is 29.6 Å². The molecule has 0 aliphatic rings. The fraction of sp³-hybridized carbons (Fsp3) is 0.588. The molecule has 1 aromatic heterocycles. The summed E-state index contributed by atoms with van der Waals surface area (Å²) in [6, 6.07) is 2.91. The van der Waals surface area contributed by atoms with Crippen molar-refractivity contribution in [1.29, 1.82) is 0 Å². The van der Waals surface area contributed by atoms with Crippen LogP contribution in [0.25, 0.3) is 0 Å². The van der Waals surface area contributed by atoms with E-state index in [1.807, 2.05) is 0 Å². The van der Waals surface area contributed by atoms with Gasteiger partial charge in [0.1, 0.15) is 5.69 Å². The number of carbonyl (C=O) groups excluding carboxylic acids is 2. The average Bonchev–Trinajstić information content (AvgIpc) is 2.68. The summed E-state index contributed by atoms with van der Waals surface area (Å²) in [5, 5.41) is 36.4. The van der Waals surface area contributed by atoms with E-state index in [1.54, 1.807) is 14.1 Å². The number of pyridine rings is 1. The van der Waals surface area contributed by atoms with E-state index in [4.69, 9.17) is 20.4 Å². The van der Waals surface area contributed by atoms with Gasteiger partial charge in [0, 0.05) is 71.6 Å². The third kappa shape index (κ3) is 6.03. The molecule has 0 aliphatic heterocycles. The quantitative estimate of drug-likeness (QED) is 0.391. The molecule has 0 unspecified atom stereocenters. The van der Waals surface area contributed by atoms with Gasteiger partial charge in [0.05, 0.1) is 5.56 Å². The summed E-state index contributed by atoms with van der Waals surface area (Å²) in [7, 11) is 3.09. The predicted molar refractivity (Wildman–Crippen MR) is 93.5 cm³/mol. The minimum atomic E-state index is -0.426. The summed E-state index contributed by atoms with van der Waals surface area (Å²) in [4.78, 5) is 31.4. The van der Waals surface area contributed by atoms with Crippen LogP contribution >= 0.6 is 0 Å². The normalized spacial score (nSPS) is 11.1. The van der Waals surface area contributed by atoms with Gasteiger partial charge >= 0.3 is 0 Å². The maximum Gasteiger partial charge on any atom is 0.272 e. The predicted octanol–water partition coefficient (Wildman–Crippen LogP) is -1.57. The van der Waals surface area contributed by atoms with Crippen LogP contribution in [0.15, 0.2) is 18.3 Å². The van der Waals surface area contributed by atoms with Gasteiger partial charge in [-0.1, -0.05) is 0 Å². The molecule has 0 saturated heterocycles. The van der Waals surface area contributed by atoms with Crippen LogP contribution in [0.3, 0.4) is 0 Å². The van der Waals surface area contributed by atoms with E-state index in [1.165, 1.54) is 28.1 Å². The molecule has 1 rings (SSSR count). The van der Waals surface area contributed by atoms with Crippen LogP contribution in [-0.4, -0.2) is 101 Å². The minimum Gasteiger partial charge on any atom is -0.396 e. The lowest BCUT2D eigenvalue weighted by molar-refractivity contribution is 0.0682. The molecular formula is C17H27N3O6. The Bertz CT molecular complexity index is 521. The second-order valence-corrected chi connectivity index (χ2v) is 6.27. The molecule has 0 fully saturated rings. The number of amides is 2. The van der Waals surface area contributed by atoms with E-state index in [0.717, 1.165) is 0 Å². The zero-order valence-electron chi connectivity index (χ0n) is 15.1.